The Labute approximate surface area is 202 Å². The topological polar surface area (TPSA) is 97.2 Å². The predicted molar refractivity (Wildman–Crippen MR) is 132 cm³/mol. The third-order valence-corrected chi connectivity index (χ3v) is 5.82. The highest BCUT2D eigenvalue weighted by Crippen LogP contribution is 2.31. The number of nitrogens with zero attached hydrogens (tertiary/aromatic N) is 3. The monoisotopic (exact) mass is 471 g/mol. The zero-order chi connectivity index (χ0) is 24.4. The fourth-order valence-electron chi connectivity index (χ4n) is 4.08. The predicted octanol–water partition coefficient (Wildman–Crippen LogP) is 4.01. The van der Waals surface area contributed by atoms with E-state index in [2.05, 4.69) is 15.6 Å². The Kier molecular flexibility index (Phi) is 5.97. The molecule has 0 radical (unpaired) electrons. The second-order valence-corrected chi connectivity index (χ2v) is 8.19. The normalized spacial score (nSPS) is 13.1. The van der Waals surface area contributed by atoms with Crippen molar-refractivity contribution in [3.05, 3.63) is 83.8 Å². The van der Waals surface area contributed by atoms with Gasteiger partial charge in [-0.3, -0.25) is 9.69 Å². The van der Waals surface area contributed by atoms with Gasteiger partial charge in [0.15, 0.2) is 11.5 Å². The number of aryl methyl sites for hydroxylation is 1. The van der Waals surface area contributed by atoms with Crippen LogP contribution in [0.1, 0.15) is 21.6 Å². The first-order valence-corrected chi connectivity index (χ1v) is 11.2. The maximum atomic E-state index is 12.9. The first kappa shape index (κ1) is 22.3. The van der Waals surface area contributed by atoms with Crippen LogP contribution < -0.4 is 25.0 Å². The molecular weight excluding hydrogens is 446 g/mol. The minimum absolute atomic E-state index is 0.125. The lowest BCUT2D eigenvalue weighted by molar-refractivity contribution is 0.102. The highest BCUT2D eigenvalue weighted by atomic mass is 16.5. The number of hydrogen-bond donors (Lipinski definition) is 2. The van der Waals surface area contributed by atoms with Gasteiger partial charge in [-0.1, -0.05) is 6.07 Å². The van der Waals surface area contributed by atoms with E-state index in [4.69, 9.17) is 9.47 Å². The number of amides is 3. The molecule has 1 aliphatic heterocycles. The first-order chi connectivity index (χ1) is 17.0. The van der Waals surface area contributed by atoms with Gasteiger partial charge >= 0.3 is 6.03 Å². The van der Waals surface area contributed by atoms with Gasteiger partial charge in [0.25, 0.3) is 5.91 Å². The van der Waals surface area contributed by atoms with Crippen LogP contribution in [-0.2, 0) is 6.61 Å². The summed E-state index contributed by atoms with van der Waals surface area (Å²) in [6, 6.07) is 16.2. The quantitative estimate of drug-likeness (QED) is 0.425. The molecule has 0 atom stereocenters. The van der Waals surface area contributed by atoms with Crippen molar-refractivity contribution in [1.82, 2.24) is 14.7 Å². The molecule has 1 fully saturated rings. The average molecular weight is 472 g/mol. The number of carbonyl (C=O) groups is 2. The molecule has 9 nitrogen and oxygen atoms in total. The molecule has 5 rings (SSSR count). The molecule has 0 spiro atoms. The van der Waals surface area contributed by atoms with Crippen LogP contribution in [0.4, 0.5) is 16.2 Å². The molecule has 9 heteroatoms. The van der Waals surface area contributed by atoms with Crippen LogP contribution in [0, 0.1) is 6.92 Å². The maximum absolute atomic E-state index is 12.9. The van der Waals surface area contributed by atoms with Crippen molar-refractivity contribution in [3.8, 4) is 11.5 Å². The van der Waals surface area contributed by atoms with Gasteiger partial charge in [-0.2, -0.15) is 0 Å². The number of benzene rings is 2. The average Bonchev–Trinajstić information content (AvgIpc) is 3.48. The minimum atomic E-state index is -0.262. The van der Waals surface area contributed by atoms with Crippen LogP contribution in [0.25, 0.3) is 5.65 Å². The van der Waals surface area contributed by atoms with Crippen molar-refractivity contribution in [2.75, 3.05) is 30.4 Å². The number of ether oxygens (including phenoxy) is 2. The Balaban J connectivity index is 1.30. The summed E-state index contributed by atoms with van der Waals surface area (Å²) in [5.74, 6) is 0.784. The standard InChI is InChI=1S/C26H25N5O4/c1-17-13-18(6-8-21(17)31-12-10-27-26(31)33)25(32)29-19-7-9-22(34-2)23(14-19)35-16-20-15-30-11-4-3-5-24(30)28-20/h3-9,11,13-15H,10,12,16H2,1-2H3,(H,27,33)(H,29,32). The van der Waals surface area contributed by atoms with Crippen LogP contribution in [0.5, 0.6) is 11.5 Å². The molecule has 1 saturated heterocycles. The van der Waals surface area contributed by atoms with Crippen molar-refractivity contribution >= 4 is 29.0 Å². The zero-order valence-corrected chi connectivity index (χ0v) is 19.4. The van der Waals surface area contributed by atoms with Gasteiger partial charge in [0, 0.05) is 48.5 Å². The molecule has 0 aliphatic carbocycles. The molecule has 1 aliphatic rings. The van der Waals surface area contributed by atoms with Crippen molar-refractivity contribution < 1.29 is 19.1 Å². The third-order valence-electron chi connectivity index (χ3n) is 5.82. The van der Waals surface area contributed by atoms with Crippen molar-refractivity contribution in [2.45, 2.75) is 13.5 Å². The van der Waals surface area contributed by atoms with E-state index in [9.17, 15) is 9.59 Å². The lowest BCUT2D eigenvalue weighted by Gasteiger charge is -2.18. The Morgan fingerprint density at radius 3 is 2.77 bits per heavy atom. The second-order valence-electron chi connectivity index (χ2n) is 8.19. The van der Waals surface area contributed by atoms with E-state index in [0.29, 0.717) is 35.8 Å². The second kappa shape index (κ2) is 9.38. The van der Waals surface area contributed by atoms with E-state index in [1.54, 1.807) is 48.4 Å². The van der Waals surface area contributed by atoms with Crippen LogP contribution in [0.3, 0.4) is 0 Å². The summed E-state index contributed by atoms with van der Waals surface area (Å²) < 4.78 is 13.3. The summed E-state index contributed by atoms with van der Waals surface area (Å²) in [4.78, 5) is 31.1. The van der Waals surface area contributed by atoms with Crippen molar-refractivity contribution in [3.63, 3.8) is 0 Å². The molecule has 178 valence electrons. The van der Waals surface area contributed by atoms with Gasteiger partial charge in [0.05, 0.1) is 12.8 Å². The van der Waals surface area contributed by atoms with Crippen LogP contribution >= 0.6 is 0 Å². The molecule has 0 bridgehead atoms. The van der Waals surface area contributed by atoms with Gasteiger partial charge in [-0.15, -0.1) is 0 Å². The number of fused-ring (bicyclic) bond motifs is 1. The van der Waals surface area contributed by atoms with Gasteiger partial charge in [0.2, 0.25) is 0 Å². The van der Waals surface area contributed by atoms with Crippen LogP contribution in [-0.4, -0.2) is 41.5 Å². The number of aromatic nitrogens is 2. The summed E-state index contributed by atoms with van der Waals surface area (Å²) in [6.45, 7) is 3.35. The van der Waals surface area contributed by atoms with E-state index in [-0.39, 0.29) is 18.5 Å². The number of carbonyl (C=O) groups excluding carboxylic acids is 2. The summed E-state index contributed by atoms with van der Waals surface area (Å²) in [7, 11) is 1.57. The number of pyridine rings is 1. The van der Waals surface area contributed by atoms with Gasteiger partial charge in [0.1, 0.15) is 12.3 Å². The lowest BCUT2D eigenvalue weighted by Crippen LogP contribution is -2.28. The first-order valence-electron chi connectivity index (χ1n) is 11.2. The highest BCUT2D eigenvalue weighted by molar-refractivity contribution is 6.05. The molecule has 2 aromatic heterocycles. The lowest BCUT2D eigenvalue weighted by atomic mass is 10.1. The minimum Gasteiger partial charge on any atom is -0.493 e. The zero-order valence-electron chi connectivity index (χ0n) is 19.4. The number of imidazole rings is 1. The van der Waals surface area contributed by atoms with E-state index in [0.717, 1.165) is 22.6 Å². The van der Waals surface area contributed by atoms with Crippen LogP contribution in [0.15, 0.2) is 67.0 Å². The Morgan fingerprint density at radius 1 is 1.14 bits per heavy atom. The Bertz CT molecular complexity index is 1380. The molecule has 3 amide bonds. The highest BCUT2D eigenvalue weighted by Gasteiger charge is 2.23. The van der Waals surface area contributed by atoms with Crippen molar-refractivity contribution in [1.29, 1.82) is 0 Å². The molecule has 2 aromatic carbocycles. The SMILES string of the molecule is COc1ccc(NC(=O)c2ccc(N3CCNC3=O)c(C)c2)cc1OCc1cn2ccccc2n1. The number of anilines is 2. The molecule has 4 aromatic rings. The number of rotatable bonds is 7. The van der Waals surface area contributed by atoms with E-state index >= 15 is 0 Å². The van der Waals surface area contributed by atoms with Gasteiger partial charge in [-0.25, -0.2) is 9.78 Å². The summed E-state index contributed by atoms with van der Waals surface area (Å²) in [5, 5.41) is 5.70. The molecule has 0 saturated carbocycles. The maximum Gasteiger partial charge on any atom is 0.322 e. The fraction of sp³-hybridized carbons (Fsp3) is 0.192. The number of hydrogen-bond acceptors (Lipinski definition) is 5. The molecular formula is C26H25N5O4. The number of urea groups is 1. The molecule has 2 N–H and O–H groups in total. The summed E-state index contributed by atoms with van der Waals surface area (Å²) in [6.07, 6.45) is 3.84. The van der Waals surface area contributed by atoms with E-state index in [1.165, 1.54) is 0 Å². The summed E-state index contributed by atoms with van der Waals surface area (Å²) >= 11 is 0. The van der Waals surface area contributed by atoms with Gasteiger partial charge < -0.3 is 24.5 Å². The number of nitrogens with one attached hydrogen (secondary N) is 2. The molecule has 35 heavy (non-hydrogen) atoms. The third kappa shape index (κ3) is 4.61. The number of methoxy groups -OCH3 is 1. The molecule has 3 heterocycles. The Hall–Kier alpha value is -4.53. The van der Waals surface area contributed by atoms with E-state index < -0.39 is 0 Å². The fourth-order valence-corrected chi connectivity index (χ4v) is 4.08. The van der Waals surface area contributed by atoms with Gasteiger partial charge in [-0.05, 0) is 55.0 Å². The summed E-state index contributed by atoms with van der Waals surface area (Å²) in [5.41, 5.74) is 4.32. The Morgan fingerprint density at radius 2 is 2.03 bits per heavy atom. The van der Waals surface area contributed by atoms with Crippen molar-refractivity contribution in [2.24, 2.45) is 0 Å². The van der Waals surface area contributed by atoms with E-state index in [1.807, 2.05) is 41.9 Å². The van der Waals surface area contributed by atoms with Crippen LogP contribution in [0.2, 0.25) is 0 Å². The molecule has 0 unspecified atom stereocenters. The largest absolute Gasteiger partial charge is 0.493 e. The smallest absolute Gasteiger partial charge is 0.322 e.